The van der Waals surface area contributed by atoms with E-state index in [9.17, 15) is 14.7 Å². The van der Waals surface area contributed by atoms with Gasteiger partial charge >= 0.3 is 5.97 Å². The van der Waals surface area contributed by atoms with Crippen LogP contribution in [0.25, 0.3) is 5.52 Å². The zero-order valence-electron chi connectivity index (χ0n) is 14.7. The zero-order chi connectivity index (χ0) is 18.6. The quantitative estimate of drug-likeness (QED) is 0.874. The van der Waals surface area contributed by atoms with Gasteiger partial charge in [-0.05, 0) is 55.7 Å². The summed E-state index contributed by atoms with van der Waals surface area (Å²) in [5, 5.41) is 9.35. The fourth-order valence-corrected chi connectivity index (χ4v) is 4.23. The lowest BCUT2D eigenvalue weighted by Gasteiger charge is -2.29. The summed E-state index contributed by atoms with van der Waals surface area (Å²) >= 11 is 0. The number of rotatable bonds is 4. The second-order valence-electron chi connectivity index (χ2n) is 7.29. The topological polar surface area (TPSA) is 88.0 Å². The molecule has 0 radical (unpaired) electrons. The third-order valence-electron chi connectivity index (χ3n) is 5.63. The summed E-state index contributed by atoms with van der Waals surface area (Å²) in [6.07, 6.45) is 4.92. The second-order valence-corrected chi connectivity index (χ2v) is 7.29. The van der Waals surface area contributed by atoms with E-state index in [1.807, 2.05) is 11.8 Å². The van der Waals surface area contributed by atoms with Crippen LogP contribution >= 0.6 is 0 Å². The largest absolute Gasteiger partial charge is 0.477 e. The number of carbonyl (C=O) groups is 1. The molecular formula is C19H22FN3O3. The molecule has 2 aromatic heterocycles. The van der Waals surface area contributed by atoms with E-state index in [0.29, 0.717) is 23.3 Å². The maximum Gasteiger partial charge on any atom is 0.341 e. The molecule has 3 N–H and O–H groups in total. The molecule has 2 fully saturated rings. The van der Waals surface area contributed by atoms with E-state index in [2.05, 4.69) is 0 Å². The van der Waals surface area contributed by atoms with Gasteiger partial charge < -0.3 is 15.7 Å². The average Bonchev–Trinajstić information content (AvgIpc) is 3.34. The summed E-state index contributed by atoms with van der Waals surface area (Å²) in [6.45, 7) is 2.99. The number of aromatic carboxylic acids is 1. The first-order chi connectivity index (χ1) is 12.4. The molecule has 3 heterocycles. The number of hydrogen-bond acceptors (Lipinski definition) is 4. The monoisotopic (exact) mass is 359 g/mol. The van der Waals surface area contributed by atoms with Gasteiger partial charge in [0.05, 0.1) is 17.4 Å². The first-order valence-electron chi connectivity index (χ1n) is 9.02. The van der Waals surface area contributed by atoms with Gasteiger partial charge in [0.1, 0.15) is 5.56 Å². The number of hydrogen-bond donors (Lipinski definition) is 2. The van der Waals surface area contributed by atoms with Gasteiger partial charge in [-0.25, -0.2) is 9.18 Å². The highest BCUT2D eigenvalue weighted by molar-refractivity contribution is 5.89. The van der Waals surface area contributed by atoms with Gasteiger partial charge in [0.2, 0.25) is 0 Å². The smallest absolute Gasteiger partial charge is 0.341 e. The molecule has 0 unspecified atom stereocenters. The molecule has 1 aliphatic heterocycles. The Morgan fingerprint density at radius 3 is 2.73 bits per heavy atom. The minimum atomic E-state index is -1.28. The SMILES string of the molecule is Cc1c(N2CCC[C@@H]2CN)c(F)cn2c(=O)c(C(=O)O)cc(C3CC3)c12. The molecule has 2 aromatic rings. The Morgan fingerprint density at radius 2 is 2.12 bits per heavy atom. The molecule has 0 bridgehead atoms. The van der Waals surface area contributed by atoms with Crippen LogP contribution in [0.15, 0.2) is 17.1 Å². The van der Waals surface area contributed by atoms with Crippen LogP contribution in [0.1, 0.15) is 53.1 Å². The number of aryl methyl sites for hydroxylation is 1. The van der Waals surface area contributed by atoms with E-state index >= 15 is 4.39 Å². The van der Waals surface area contributed by atoms with Gasteiger partial charge in [0.25, 0.3) is 5.56 Å². The lowest BCUT2D eigenvalue weighted by atomic mass is 10.0. The molecule has 6 nitrogen and oxygen atoms in total. The standard InChI is InChI=1S/C19H22FN3O3/c1-10-16-13(11-4-5-11)7-14(19(25)26)18(24)23(16)9-15(20)17(10)22-6-2-3-12(22)8-21/h7,9,11-12H,2-6,8,21H2,1H3,(H,25,26)/t12-/m1/s1. The number of carboxylic acids is 1. The van der Waals surface area contributed by atoms with E-state index in [-0.39, 0.29) is 17.5 Å². The van der Waals surface area contributed by atoms with Crippen molar-refractivity contribution in [2.45, 2.75) is 44.6 Å². The molecular weight excluding hydrogens is 337 g/mol. The van der Waals surface area contributed by atoms with Crippen LogP contribution in [0, 0.1) is 12.7 Å². The Kier molecular flexibility index (Phi) is 3.99. The number of fused-ring (bicyclic) bond motifs is 1. The Bertz CT molecular complexity index is 965. The van der Waals surface area contributed by atoms with Gasteiger partial charge in [0, 0.05) is 19.1 Å². The lowest BCUT2D eigenvalue weighted by Crippen LogP contribution is -2.37. The first-order valence-corrected chi connectivity index (χ1v) is 9.02. The summed E-state index contributed by atoms with van der Waals surface area (Å²) in [6, 6.07) is 1.57. The Labute approximate surface area is 150 Å². The van der Waals surface area contributed by atoms with Crippen LogP contribution in [0.4, 0.5) is 10.1 Å². The van der Waals surface area contributed by atoms with Crippen molar-refractivity contribution in [1.29, 1.82) is 0 Å². The highest BCUT2D eigenvalue weighted by Gasteiger charge is 2.32. The summed E-state index contributed by atoms with van der Waals surface area (Å²) in [5.41, 5.74) is 7.49. The van der Waals surface area contributed by atoms with Crippen LogP contribution in [-0.4, -0.2) is 34.6 Å². The maximum atomic E-state index is 15.0. The fraction of sp³-hybridized carbons (Fsp3) is 0.474. The summed E-state index contributed by atoms with van der Waals surface area (Å²) < 4.78 is 16.2. The zero-order valence-corrected chi connectivity index (χ0v) is 14.7. The van der Waals surface area contributed by atoms with Gasteiger partial charge in [-0.15, -0.1) is 0 Å². The van der Waals surface area contributed by atoms with E-state index in [1.54, 1.807) is 0 Å². The van der Waals surface area contributed by atoms with E-state index < -0.39 is 17.3 Å². The molecule has 7 heteroatoms. The summed E-state index contributed by atoms with van der Waals surface area (Å²) in [5.74, 6) is -1.57. The number of pyridine rings is 2. The van der Waals surface area contributed by atoms with Crippen LogP contribution in [0.3, 0.4) is 0 Å². The molecule has 0 aromatic carbocycles. The minimum Gasteiger partial charge on any atom is -0.477 e. The minimum absolute atomic E-state index is 0.0834. The van der Waals surface area contributed by atoms with Crippen molar-refractivity contribution in [3.8, 4) is 0 Å². The molecule has 138 valence electrons. The highest BCUT2D eigenvalue weighted by Crippen LogP contribution is 2.44. The van der Waals surface area contributed by atoms with Crippen LogP contribution < -0.4 is 16.2 Å². The molecule has 0 spiro atoms. The van der Waals surface area contributed by atoms with Crippen molar-refractivity contribution in [2.24, 2.45) is 5.73 Å². The first kappa shape index (κ1) is 17.0. The molecule has 1 atom stereocenters. The number of halogens is 1. The van der Waals surface area contributed by atoms with Crippen LogP contribution in [0.5, 0.6) is 0 Å². The third kappa shape index (κ3) is 2.49. The predicted octanol–water partition coefficient (Wildman–Crippen LogP) is 2.25. The van der Waals surface area contributed by atoms with Gasteiger partial charge in [-0.3, -0.25) is 9.20 Å². The average molecular weight is 359 g/mol. The number of nitrogens with two attached hydrogens (primary N) is 1. The molecule has 1 saturated carbocycles. The maximum absolute atomic E-state index is 15.0. The van der Waals surface area contributed by atoms with Gasteiger partial charge in [-0.2, -0.15) is 0 Å². The summed E-state index contributed by atoms with van der Waals surface area (Å²) in [4.78, 5) is 26.1. The van der Waals surface area contributed by atoms with Crippen molar-refractivity contribution in [1.82, 2.24) is 4.40 Å². The third-order valence-corrected chi connectivity index (χ3v) is 5.63. The van der Waals surface area contributed by atoms with E-state index in [0.717, 1.165) is 44.0 Å². The number of nitrogens with zero attached hydrogens (tertiary/aromatic N) is 2. The molecule has 0 amide bonds. The Hall–Kier alpha value is -2.41. The molecule has 26 heavy (non-hydrogen) atoms. The van der Waals surface area contributed by atoms with E-state index in [1.165, 1.54) is 10.5 Å². The van der Waals surface area contributed by atoms with Gasteiger partial charge in [0.15, 0.2) is 5.82 Å². The van der Waals surface area contributed by atoms with Crippen molar-refractivity contribution in [3.63, 3.8) is 0 Å². The Balaban J connectivity index is 2.03. The second kappa shape index (κ2) is 6.09. The highest BCUT2D eigenvalue weighted by atomic mass is 19.1. The summed E-state index contributed by atoms with van der Waals surface area (Å²) in [7, 11) is 0. The van der Waals surface area contributed by atoms with E-state index in [4.69, 9.17) is 5.73 Å². The van der Waals surface area contributed by atoms with Crippen LogP contribution in [0.2, 0.25) is 0 Å². The number of anilines is 1. The predicted molar refractivity (Wildman–Crippen MR) is 96.7 cm³/mol. The van der Waals surface area contributed by atoms with Crippen molar-refractivity contribution < 1.29 is 14.3 Å². The van der Waals surface area contributed by atoms with Crippen LogP contribution in [-0.2, 0) is 0 Å². The number of aromatic nitrogens is 1. The van der Waals surface area contributed by atoms with Crippen molar-refractivity contribution >= 4 is 17.2 Å². The van der Waals surface area contributed by atoms with Crippen molar-refractivity contribution in [2.75, 3.05) is 18.0 Å². The van der Waals surface area contributed by atoms with Crippen molar-refractivity contribution in [3.05, 3.63) is 45.1 Å². The normalized spacial score (nSPS) is 20.1. The lowest BCUT2D eigenvalue weighted by molar-refractivity contribution is 0.0694. The Morgan fingerprint density at radius 1 is 1.38 bits per heavy atom. The van der Waals surface area contributed by atoms with Gasteiger partial charge in [-0.1, -0.05) is 0 Å². The molecule has 2 aliphatic rings. The fourth-order valence-electron chi connectivity index (χ4n) is 4.23. The molecule has 1 aliphatic carbocycles. The number of carboxylic acid groups (broad SMARTS) is 1. The molecule has 1 saturated heterocycles. The molecule has 4 rings (SSSR count).